The van der Waals surface area contributed by atoms with Gasteiger partial charge < -0.3 is 15.8 Å². The molecule has 2 unspecified atom stereocenters. The van der Waals surface area contributed by atoms with Crippen molar-refractivity contribution in [1.29, 1.82) is 0 Å². The van der Waals surface area contributed by atoms with Crippen molar-refractivity contribution >= 4 is 11.6 Å². The van der Waals surface area contributed by atoms with E-state index in [1.165, 1.54) is 0 Å². The lowest BCUT2D eigenvalue weighted by Gasteiger charge is -2.35. The summed E-state index contributed by atoms with van der Waals surface area (Å²) in [6.45, 7) is 8.08. The molecule has 1 aromatic rings. The van der Waals surface area contributed by atoms with E-state index in [1.807, 2.05) is 24.3 Å². The Morgan fingerprint density at radius 3 is 2.52 bits per heavy atom. The number of ether oxygens (including phenoxy) is 1. The molecule has 23 heavy (non-hydrogen) atoms. The molecule has 2 rings (SSSR count). The van der Waals surface area contributed by atoms with E-state index >= 15 is 0 Å². The first kappa shape index (κ1) is 17.8. The first-order chi connectivity index (χ1) is 11.0. The van der Waals surface area contributed by atoms with Crippen molar-refractivity contribution in [1.82, 2.24) is 10.2 Å². The van der Waals surface area contributed by atoms with Gasteiger partial charge in [-0.25, -0.2) is 0 Å². The molecule has 1 heterocycles. The van der Waals surface area contributed by atoms with Crippen molar-refractivity contribution in [3.05, 3.63) is 29.8 Å². The Morgan fingerprint density at radius 2 is 1.87 bits per heavy atom. The number of rotatable bonds is 7. The number of morpholine rings is 1. The first-order valence-electron chi connectivity index (χ1n) is 8.52. The number of nitrogen functional groups attached to an aromatic ring is 1. The third-order valence-electron chi connectivity index (χ3n) is 4.06. The Balaban J connectivity index is 1.56. The Kier molecular flexibility index (Phi) is 6.86. The summed E-state index contributed by atoms with van der Waals surface area (Å²) >= 11 is 0. The smallest absolute Gasteiger partial charge is 0.224 e. The SMILES string of the molecule is CC1CN(CCCCNC(=O)Cc2ccc(N)cc2)CC(C)O1. The fraction of sp³-hybridized carbons (Fsp3) is 0.611. The molecule has 1 fully saturated rings. The van der Waals surface area contributed by atoms with E-state index in [1.54, 1.807) is 0 Å². The third kappa shape index (κ3) is 6.59. The number of anilines is 1. The molecule has 5 nitrogen and oxygen atoms in total. The maximum atomic E-state index is 11.9. The average molecular weight is 319 g/mol. The van der Waals surface area contributed by atoms with Crippen LogP contribution in [0.4, 0.5) is 5.69 Å². The van der Waals surface area contributed by atoms with Crippen LogP contribution in [0.1, 0.15) is 32.3 Å². The highest BCUT2D eigenvalue weighted by atomic mass is 16.5. The fourth-order valence-electron chi connectivity index (χ4n) is 3.04. The van der Waals surface area contributed by atoms with Crippen LogP contribution in [0.5, 0.6) is 0 Å². The monoisotopic (exact) mass is 319 g/mol. The van der Waals surface area contributed by atoms with Gasteiger partial charge in [0.15, 0.2) is 0 Å². The maximum absolute atomic E-state index is 11.9. The predicted molar refractivity (Wildman–Crippen MR) is 93.3 cm³/mol. The van der Waals surface area contributed by atoms with Crippen molar-refractivity contribution < 1.29 is 9.53 Å². The molecule has 0 spiro atoms. The lowest BCUT2D eigenvalue weighted by atomic mass is 10.1. The molecule has 2 atom stereocenters. The minimum Gasteiger partial charge on any atom is -0.399 e. The summed E-state index contributed by atoms with van der Waals surface area (Å²) in [5.41, 5.74) is 7.35. The van der Waals surface area contributed by atoms with E-state index in [9.17, 15) is 4.79 Å². The summed E-state index contributed by atoms with van der Waals surface area (Å²) in [7, 11) is 0. The summed E-state index contributed by atoms with van der Waals surface area (Å²) in [5, 5.41) is 2.99. The standard InChI is InChI=1S/C18H29N3O2/c1-14-12-21(13-15(2)23-14)10-4-3-9-20-18(22)11-16-5-7-17(19)8-6-16/h5-8,14-15H,3-4,9-13,19H2,1-2H3,(H,20,22). The number of amides is 1. The summed E-state index contributed by atoms with van der Waals surface area (Å²) in [6.07, 6.45) is 3.16. The van der Waals surface area contributed by atoms with E-state index < -0.39 is 0 Å². The molecule has 1 aliphatic rings. The van der Waals surface area contributed by atoms with Crippen LogP contribution in [0.25, 0.3) is 0 Å². The lowest BCUT2D eigenvalue weighted by molar-refractivity contribution is -0.120. The van der Waals surface area contributed by atoms with Gasteiger partial charge in [-0.05, 0) is 50.9 Å². The molecule has 1 amide bonds. The van der Waals surface area contributed by atoms with Gasteiger partial charge in [0.1, 0.15) is 0 Å². The number of nitrogens with one attached hydrogen (secondary N) is 1. The topological polar surface area (TPSA) is 67.6 Å². The Bertz CT molecular complexity index is 480. The van der Waals surface area contributed by atoms with Crippen LogP contribution in [0.2, 0.25) is 0 Å². The quantitative estimate of drug-likeness (QED) is 0.594. The Morgan fingerprint density at radius 1 is 1.22 bits per heavy atom. The van der Waals surface area contributed by atoms with Gasteiger partial charge in [-0.1, -0.05) is 12.1 Å². The molecule has 0 bridgehead atoms. The van der Waals surface area contributed by atoms with Crippen molar-refractivity contribution in [2.75, 3.05) is 31.9 Å². The van der Waals surface area contributed by atoms with Gasteiger partial charge in [-0.3, -0.25) is 9.69 Å². The van der Waals surface area contributed by atoms with Gasteiger partial charge >= 0.3 is 0 Å². The van der Waals surface area contributed by atoms with Crippen LogP contribution in [0.15, 0.2) is 24.3 Å². The van der Waals surface area contributed by atoms with Gasteiger partial charge in [0.25, 0.3) is 0 Å². The highest BCUT2D eigenvalue weighted by molar-refractivity contribution is 5.78. The van der Waals surface area contributed by atoms with Gasteiger partial charge in [0, 0.05) is 25.3 Å². The van der Waals surface area contributed by atoms with Crippen LogP contribution < -0.4 is 11.1 Å². The molecule has 5 heteroatoms. The van der Waals surface area contributed by atoms with Crippen LogP contribution in [0.3, 0.4) is 0 Å². The van der Waals surface area contributed by atoms with Crippen molar-refractivity contribution in [3.8, 4) is 0 Å². The second-order valence-corrected chi connectivity index (χ2v) is 6.49. The number of nitrogens with zero attached hydrogens (tertiary/aromatic N) is 1. The van der Waals surface area contributed by atoms with Gasteiger partial charge in [0.2, 0.25) is 5.91 Å². The number of hydrogen-bond donors (Lipinski definition) is 2. The second-order valence-electron chi connectivity index (χ2n) is 6.49. The fourth-order valence-corrected chi connectivity index (χ4v) is 3.04. The first-order valence-corrected chi connectivity index (χ1v) is 8.52. The minimum absolute atomic E-state index is 0.0726. The summed E-state index contributed by atoms with van der Waals surface area (Å²) in [6, 6.07) is 7.45. The zero-order chi connectivity index (χ0) is 16.7. The number of carbonyl (C=O) groups excluding carboxylic acids is 1. The Labute approximate surface area is 139 Å². The van der Waals surface area contributed by atoms with Crippen LogP contribution >= 0.6 is 0 Å². The van der Waals surface area contributed by atoms with Crippen LogP contribution in [-0.4, -0.2) is 49.2 Å². The molecule has 1 saturated heterocycles. The summed E-state index contributed by atoms with van der Waals surface area (Å²) in [4.78, 5) is 14.3. The zero-order valence-electron chi connectivity index (χ0n) is 14.3. The second kappa shape index (κ2) is 8.89. The zero-order valence-corrected chi connectivity index (χ0v) is 14.3. The highest BCUT2D eigenvalue weighted by Crippen LogP contribution is 2.11. The number of nitrogens with two attached hydrogens (primary N) is 1. The molecule has 0 aromatic heterocycles. The number of unbranched alkanes of at least 4 members (excludes halogenated alkanes) is 1. The number of carbonyl (C=O) groups is 1. The summed E-state index contributed by atoms with van der Waals surface area (Å²) < 4.78 is 5.73. The molecule has 0 radical (unpaired) electrons. The number of hydrogen-bond acceptors (Lipinski definition) is 4. The van der Waals surface area contributed by atoms with E-state index in [4.69, 9.17) is 10.5 Å². The molecular formula is C18H29N3O2. The molecule has 0 saturated carbocycles. The summed E-state index contributed by atoms with van der Waals surface area (Å²) in [5.74, 6) is 0.0726. The molecule has 128 valence electrons. The normalized spacial score (nSPS) is 22.0. The molecular weight excluding hydrogens is 290 g/mol. The van der Waals surface area contributed by atoms with Crippen molar-refractivity contribution in [2.24, 2.45) is 0 Å². The lowest BCUT2D eigenvalue weighted by Crippen LogP contribution is -2.45. The minimum atomic E-state index is 0.0726. The van der Waals surface area contributed by atoms with Crippen LogP contribution in [-0.2, 0) is 16.0 Å². The molecule has 1 aliphatic heterocycles. The average Bonchev–Trinajstić information content (AvgIpc) is 2.48. The van der Waals surface area contributed by atoms with Gasteiger partial charge in [-0.15, -0.1) is 0 Å². The largest absolute Gasteiger partial charge is 0.399 e. The predicted octanol–water partition coefficient (Wildman–Crippen LogP) is 1.82. The maximum Gasteiger partial charge on any atom is 0.224 e. The Hall–Kier alpha value is -1.59. The third-order valence-corrected chi connectivity index (χ3v) is 4.06. The van der Waals surface area contributed by atoms with Crippen molar-refractivity contribution in [2.45, 2.75) is 45.3 Å². The van der Waals surface area contributed by atoms with Gasteiger partial charge in [0.05, 0.1) is 18.6 Å². The molecule has 1 aromatic carbocycles. The number of benzene rings is 1. The highest BCUT2D eigenvalue weighted by Gasteiger charge is 2.21. The molecule has 3 N–H and O–H groups in total. The van der Waals surface area contributed by atoms with E-state index in [0.29, 0.717) is 18.6 Å². The van der Waals surface area contributed by atoms with Crippen molar-refractivity contribution in [3.63, 3.8) is 0 Å². The van der Waals surface area contributed by atoms with Crippen LogP contribution in [0, 0.1) is 0 Å². The van der Waals surface area contributed by atoms with E-state index in [0.717, 1.165) is 50.3 Å². The van der Waals surface area contributed by atoms with E-state index in [2.05, 4.69) is 24.1 Å². The van der Waals surface area contributed by atoms with E-state index in [-0.39, 0.29) is 5.91 Å². The van der Waals surface area contributed by atoms with Gasteiger partial charge in [-0.2, -0.15) is 0 Å². The molecule has 0 aliphatic carbocycles.